The number of benzene rings is 1. The summed E-state index contributed by atoms with van der Waals surface area (Å²) in [5.74, 6) is 0.473. The van der Waals surface area contributed by atoms with E-state index >= 15 is 0 Å². The lowest BCUT2D eigenvalue weighted by Crippen LogP contribution is -2.42. The van der Waals surface area contributed by atoms with Gasteiger partial charge in [0.25, 0.3) is 5.91 Å². The normalized spacial score (nSPS) is 16.8. The number of primary amides is 1. The molecule has 1 aromatic carbocycles. The molecule has 1 unspecified atom stereocenters. The number of thioether (sulfide) groups is 1. The molecule has 3 N–H and O–H groups in total. The summed E-state index contributed by atoms with van der Waals surface area (Å²) >= 11 is 1.70. The summed E-state index contributed by atoms with van der Waals surface area (Å²) in [4.78, 5) is 31.8. The molecular formula is C24H29N5O2S. The monoisotopic (exact) mass is 451 g/mol. The maximum absolute atomic E-state index is 12.4. The van der Waals surface area contributed by atoms with E-state index in [1.165, 1.54) is 0 Å². The summed E-state index contributed by atoms with van der Waals surface area (Å²) in [6.07, 6.45) is 6.78. The van der Waals surface area contributed by atoms with Gasteiger partial charge in [0.15, 0.2) is 0 Å². The van der Waals surface area contributed by atoms with Gasteiger partial charge in [-0.05, 0) is 68.8 Å². The molecule has 1 saturated heterocycles. The molecule has 0 radical (unpaired) electrons. The number of nitrogens with one attached hydrogen (secondary N) is 1. The summed E-state index contributed by atoms with van der Waals surface area (Å²) in [6.45, 7) is 3.20. The van der Waals surface area contributed by atoms with Crippen molar-refractivity contribution >= 4 is 29.2 Å². The van der Waals surface area contributed by atoms with Crippen LogP contribution in [0.15, 0.2) is 59.8 Å². The third-order valence-electron chi connectivity index (χ3n) is 5.76. The zero-order valence-corrected chi connectivity index (χ0v) is 18.9. The van der Waals surface area contributed by atoms with Crippen LogP contribution in [0.3, 0.4) is 0 Å². The van der Waals surface area contributed by atoms with Crippen molar-refractivity contribution in [3.8, 4) is 0 Å². The summed E-state index contributed by atoms with van der Waals surface area (Å²) in [7, 11) is 0. The molecule has 4 rings (SSSR count). The van der Waals surface area contributed by atoms with E-state index in [4.69, 9.17) is 5.73 Å². The Hall–Kier alpha value is -2.84. The largest absolute Gasteiger partial charge is 0.369 e. The van der Waals surface area contributed by atoms with E-state index in [9.17, 15) is 9.59 Å². The Balaban J connectivity index is 1.19. The van der Waals surface area contributed by atoms with Crippen molar-refractivity contribution in [2.45, 2.75) is 29.9 Å². The van der Waals surface area contributed by atoms with E-state index in [1.807, 2.05) is 59.3 Å². The number of hydrogen-bond donors (Lipinski definition) is 2. The maximum Gasteiger partial charge on any atom is 0.251 e. The first kappa shape index (κ1) is 22.4. The zero-order valence-electron chi connectivity index (χ0n) is 18.1. The third kappa shape index (κ3) is 5.89. The molecule has 168 valence electrons. The van der Waals surface area contributed by atoms with Crippen LogP contribution >= 0.6 is 11.8 Å². The van der Waals surface area contributed by atoms with Gasteiger partial charge in [-0.2, -0.15) is 0 Å². The minimum Gasteiger partial charge on any atom is -0.369 e. The Morgan fingerprint density at radius 1 is 1.19 bits per heavy atom. The van der Waals surface area contributed by atoms with E-state index in [0.29, 0.717) is 12.1 Å². The minimum absolute atomic E-state index is 0.0394. The highest BCUT2D eigenvalue weighted by Gasteiger charge is 2.23. The number of aromatic nitrogens is 2. The van der Waals surface area contributed by atoms with Crippen molar-refractivity contribution in [2.75, 3.05) is 26.2 Å². The van der Waals surface area contributed by atoms with Crippen molar-refractivity contribution in [1.29, 1.82) is 0 Å². The average Bonchev–Trinajstić information content (AvgIpc) is 3.24. The van der Waals surface area contributed by atoms with Crippen LogP contribution in [-0.2, 0) is 10.5 Å². The van der Waals surface area contributed by atoms with Crippen molar-refractivity contribution in [2.24, 2.45) is 11.7 Å². The summed E-state index contributed by atoms with van der Waals surface area (Å²) < 4.78 is 2.02. The molecule has 0 bridgehead atoms. The lowest BCUT2D eigenvalue weighted by atomic mass is 9.97. The number of hydrogen-bond acceptors (Lipinski definition) is 5. The van der Waals surface area contributed by atoms with Gasteiger partial charge in [-0.1, -0.05) is 6.07 Å². The Kier molecular flexibility index (Phi) is 7.44. The van der Waals surface area contributed by atoms with Crippen LogP contribution in [0, 0.1) is 5.92 Å². The highest BCUT2D eigenvalue weighted by molar-refractivity contribution is 7.98. The molecule has 2 amide bonds. The SMILES string of the molecule is NC(=O)C1CCCN(CCCNC(=O)c2ccc(SCc3cn4ccccc4n3)cc2)C1. The van der Waals surface area contributed by atoms with Crippen LogP contribution in [0.4, 0.5) is 0 Å². The predicted molar refractivity (Wildman–Crippen MR) is 127 cm³/mol. The third-order valence-corrected chi connectivity index (χ3v) is 6.81. The predicted octanol–water partition coefficient (Wildman–Crippen LogP) is 2.94. The molecule has 7 nitrogen and oxygen atoms in total. The van der Waals surface area contributed by atoms with Crippen molar-refractivity contribution in [3.63, 3.8) is 0 Å². The Labute approximate surface area is 192 Å². The van der Waals surface area contributed by atoms with Crippen molar-refractivity contribution in [3.05, 3.63) is 66.1 Å². The molecule has 3 aromatic rings. The molecule has 1 aliphatic rings. The van der Waals surface area contributed by atoms with Gasteiger partial charge >= 0.3 is 0 Å². The molecule has 0 spiro atoms. The molecular weight excluding hydrogens is 422 g/mol. The van der Waals surface area contributed by atoms with Crippen LogP contribution in [0.25, 0.3) is 5.65 Å². The number of carbonyl (C=O) groups excluding carboxylic acids is 2. The van der Waals surface area contributed by atoms with Crippen molar-refractivity contribution < 1.29 is 9.59 Å². The van der Waals surface area contributed by atoms with Crippen LogP contribution in [0.1, 0.15) is 35.3 Å². The topological polar surface area (TPSA) is 92.7 Å². The fourth-order valence-electron chi connectivity index (χ4n) is 4.01. The van der Waals surface area contributed by atoms with Gasteiger partial charge < -0.3 is 20.4 Å². The van der Waals surface area contributed by atoms with E-state index in [-0.39, 0.29) is 17.7 Å². The Bertz CT molecular complexity index is 1030. The number of likely N-dealkylation sites (tertiary alicyclic amines) is 1. The van der Waals surface area contributed by atoms with E-state index < -0.39 is 0 Å². The smallest absolute Gasteiger partial charge is 0.251 e. The van der Waals surface area contributed by atoms with Gasteiger partial charge in [0.1, 0.15) is 5.65 Å². The number of fused-ring (bicyclic) bond motifs is 1. The molecule has 3 heterocycles. The lowest BCUT2D eigenvalue weighted by Gasteiger charge is -2.31. The number of carbonyl (C=O) groups is 2. The first-order chi connectivity index (χ1) is 15.6. The van der Waals surface area contributed by atoms with Gasteiger partial charge in [0, 0.05) is 41.7 Å². The summed E-state index contributed by atoms with van der Waals surface area (Å²) in [5.41, 5.74) is 8.07. The number of pyridine rings is 1. The minimum atomic E-state index is -0.206. The Morgan fingerprint density at radius 2 is 2.03 bits per heavy atom. The first-order valence-electron chi connectivity index (χ1n) is 11.0. The number of nitrogens with zero attached hydrogens (tertiary/aromatic N) is 3. The fourth-order valence-corrected chi connectivity index (χ4v) is 4.80. The van der Waals surface area contributed by atoms with E-state index in [1.54, 1.807) is 11.8 Å². The van der Waals surface area contributed by atoms with Gasteiger partial charge in [-0.15, -0.1) is 11.8 Å². The van der Waals surface area contributed by atoms with E-state index in [0.717, 1.165) is 60.9 Å². The van der Waals surface area contributed by atoms with Crippen molar-refractivity contribution in [1.82, 2.24) is 19.6 Å². The number of rotatable bonds is 9. The lowest BCUT2D eigenvalue weighted by molar-refractivity contribution is -0.123. The summed E-state index contributed by atoms with van der Waals surface area (Å²) in [5, 5.41) is 2.99. The van der Waals surface area contributed by atoms with Crippen LogP contribution in [0.2, 0.25) is 0 Å². The number of imidazole rings is 1. The molecule has 32 heavy (non-hydrogen) atoms. The van der Waals surface area contributed by atoms with Gasteiger partial charge in [0.2, 0.25) is 5.91 Å². The second-order valence-electron chi connectivity index (χ2n) is 8.16. The highest BCUT2D eigenvalue weighted by Crippen LogP contribution is 2.23. The molecule has 1 aliphatic heterocycles. The van der Waals surface area contributed by atoms with Crippen LogP contribution in [-0.4, -0.2) is 52.3 Å². The zero-order chi connectivity index (χ0) is 22.3. The van der Waals surface area contributed by atoms with Gasteiger partial charge in [-0.25, -0.2) is 4.98 Å². The molecule has 1 fully saturated rings. The first-order valence-corrected chi connectivity index (χ1v) is 12.0. The van der Waals surface area contributed by atoms with E-state index in [2.05, 4.69) is 15.2 Å². The van der Waals surface area contributed by atoms with Crippen LogP contribution < -0.4 is 11.1 Å². The van der Waals surface area contributed by atoms with Gasteiger partial charge in [0.05, 0.1) is 11.6 Å². The quantitative estimate of drug-likeness (QED) is 0.385. The Morgan fingerprint density at radius 3 is 2.81 bits per heavy atom. The number of amides is 2. The molecule has 0 aliphatic carbocycles. The summed E-state index contributed by atoms with van der Waals surface area (Å²) in [6, 6.07) is 13.7. The molecule has 1 atom stereocenters. The van der Waals surface area contributed by atoms with Gasteiger partial charge in [-0.3, -0.25) is 9.59 Å². The molecule has 8 heteroatoms. The maximum atomic E-state index is 12.4. The number of nitrogens with two attached hydrogens (primary N) is 1. The highest BCUT2D eigenvalue weighted by atomic mass is 32.2. The average molecular weight is 452 g/mol. The fraction of sp³-hybridized carbons (Fsp3) is 0.375. The molecule has 0 saturated carbocycles. The second-order valence-corrected chi connectivity index (χ2v) is 9.21. The number of piperidine rings is 1. The second kappa shape index (κ2) is 10.7. The van der Waals surface area contributed by atoms with Crippen LogP contribution in [0.5, 0.6) is 0 Å². The molecule has 2 aromatic heterocycles. The standard InChI is InChI=1S/C24H29N5O2S/c25-23(30)19-5-3-12-28(15-19)13-4-11-26-24(31)18-7-9-21(10-8-18)32-17-20-16-29-14-2-1-6-22(29)27-20/h1-2,6-10,14,16,19H,3-5,11-13,15,17H2,(H2,25,30)(H,26,31).